The molecule has 7 N–H and O–H groups in total. The molecule has 0 radical (unpaired) electrons. The Labute approximate surface area is 454 Å². The van der Waals surface area contributed by atoms with Gasteiger partial charge in [-0.3, -0.25) is 4.79 Å². The van der Waals surface area contributed by atoms with Crippen LogP contribution in [-0.2, 0) is 33.2 Å². The Balaban J connectivity index is 1.69. The molecule has 0 aromatic rings. The highest BCUT2D eigenvalue weighted by molar-refractivity contribution is 5.69. The minimum atomic E-state index is -1.71. The molecular weight excluding hydrogens is 957 g/mol. The number of esters is 1. The van der Waals surface area contributed by atoms with Crippen LogP contribution < -0.4 is 0 Å². The molecule has 0 saturated carbocycles. The number of carbonyl (C=O) groups is 1. The molecule has 11 unspecified atom stereocenters. The normalized spacial score (nSPS) is 25.0. The molecule has 75 heavy (non-hydrogen) atoms. The van der Waals surface area contributed by atoms with Crippen LogP contribution in [0.2, 0.25) is 0 Å². The van der Waals surface area contributed by atoms with E-state index < -0.39 is 80.7 Å². The zero-order valence-electron chi connectivity index (χ0n) is 46.8. The number of hydrogen-bond acceptors (Lipinski definition) is 14. The van der Waals surface area contributed by atoms with E-state index in [4.69, 9.17) is 28.4 Å². The zero-order valence-corrected chi connectivity index (χ0v) is 46.8. The van der Waals surface area contributed by atoms with E-state index in [0.29, 0.717) is 13.0 Å². The summed E-state index contributed by atoms with van der Waals surface area (Å²) in [6, 6.07) is 0. The van der Waals surface area contributed by atoms with Crippen molar-refractivity contribution in [3.05, 3.63) is 60.8 Å². The van der Waals surface area contributed by atoms with E-state index in [1.54, 1.807) is 0 Å². The number of ether oxygens (including phenoxy) is 6. The number of aliphatic hydroxyl groups excluding tert-OH is 7. The highest BCUT2D eigenvalue weighted by Crippen LogP contribution is 2.27. The number of hydrogen-bond donors (Lipinski definition) is 7. The summed E-state index contributed by atoms with van der Waals surface area (Å²) in [6.45, 7) is 3.55. The first-order chi connectivity index (χ1) is 36.6. The van der Waals surface area contributed by atoms with Crippen LogP contribution in [0.1, 0.15) is 219 Å². The maximum atomic E-state index is 13.1. The molecule has 2 aliphatic heterocycles. The fourth-order valence-electron chi connectivity index (χ4n) is 9.21. The maximum absolute atomic E-state index is 13.1. The molecule has 2 heterocycles. The van der Waals surface area contributed by atoms with Gasteiger partial charge in [0.1, 0.15) is 54.9 Å². The summed E-state index contributed by atoms with van der Waals surface area (Å²) in [5.41, 5.74) is 0. The molecule has 11 atom stereocenters. The maximum Gasteiger partial charge on any atom is 0.306 e. The lowest BCUT2D eigenvalue weighted by Gasteiger charge is -2.42. The van der Waals surface area contributed by atoms with Crippen LogP contribution in [0, 0.1) is 0 Å². The van der Waals surface area contributed by atoms with E-state index in [2.05, 4.69) is 74.6 Å². The van der Waals surface area contributed by atoms with Gasteiger partial charge >= 0.3 is 5.97 Å². The van der Waals surface area contributed by atoms with Crippen molar-refractivity contribution in [1.29, 1.82) is 0 Å². The van der Waals surface area contributed by atoms with Gasteiger partial charge in [-0.25, -0.2) is 0 Å². The molecule has 0 amide bonds. The third-order valence-electron chi connectivity index (χ3n) is 14.0. The third kappa shape index (κ3) is 34.3. The van der Waals surface area contributed by atoms with Crippen molar-refractivity contribution >= 4 is 5.97 Å². The van der Waals surface area contributed by atoms with E-state index in [9.17, 15) is 40.5 Å². The van der Waals surface area contributed by atoms with Crippen molar-refractivity contribution < 1.29 is 69.0 Å². The monoisotopic (exact) mass is 1060 g/mol. The van der Waals surface area contributed by atoms with Gasteiger partial charge in [-0.1, -0.05) is 197 Å². The lowest BCUT2D eigenvalue weighted by molar-refractivity contribution is -0.332. The van der Waals surface area contributed by atoms with Gasteiger partial charge in [0, 0.05) is 13.0 Å². The predicted octanol–water partition coefficient (Wildman–Crippen LogP) is 10.9. The Morgan fingerprint density at radius 2 is 0.867 bits per heavy atom. The van der Waals surface area contributed by atoms with Crippen molar-refractivity contribution in [1.82, 2.24) is 0 Å². The van der Waals surface area contributed by atoms with E-state index >= 15 is 0 Å². The SMILES string of the molecule is CC/C=C\C/C=C\C/C=C\CCCCCCCCOCC(COC1OC(COC2OC(CO)C(O)C(O)C2O)C(O)C(O)C1O)OC(=O)CCCCCCCCCCCCCCC/C=C\C/C=C\CCCCCCC. The van der Waals surface area contributed by atoms with Crippen molar-refractivity contribution in [3.8, 4) is 0 Å². The molecule has 436 valence electrons. The number of aliphatic hydroxyl groups is 7. The predicted molar refractivity (Wildman–Crippen MR) is 298 cm³/mol. The largest absolute Gasteiger partial charge is 0.457 e. The second-order valence-corrected chi connectivity index (χ2v) is 20.8. The Hall–Kier alpha value is -2.31. The molecule has 0 bridgehead atoms. The minimum absolute atomic E-state index is 0.0512. The van der Waals surface area contributed by atoms with Crippen LogP contribution in [0.15, 0.2) is 60.8 Å². The van der Waals surface area contributed by atoms with Gasteiger partial charge in [0.15, 0.2) is 12.6 Å². The number of unbranched alkanes of at least 4 members (excludes halogenated alkanes) is 24. The van der Waals surface area contributed by atoms with Gasteiger partial charge in [-0.05, 0) is 77.0 Å². The second-order valence-electron chi connectivity index (χ2n) is 20.8. The van der Waals surface area contributed by atoms with Crippen molar-refractivity contribution in [2.45, 2.75) is 287 Å². The van der Waals surface area contributed by atoms with Gasteiger partial charge in [0.25, 0.3) is 0 Å². The second kappa shape index (κ2) is 47.7. The zero-order chi connectivity index (χ0) is 54.4. The Morgan fingerprint density at radius 3 is 1.36 bits per heavy atom. The summed E-state index contributed by atoms with van der Waals surface area (Å²) in [4.78, 5) is 13.1. The smallest absolute Gasteiger partial charge is 0.306 e. The number of rotatable bonds is 48. The van der Waals surface area contributed by atoms with E-state index in [1.165, 1.54) is 116 Å². The van der Waals surface area contributed by atoms with Crippen LogP contribution in [0.4, 0.5) is 0 Å². The summed E-state index contributed by atoms with van der Waals surface area (Å²) in [5.74, 6) is -0.382. The van der Waals surface area contributed by atoms with Crippen LogP contribution in [0.3, 0.4) is 0 Å². The molecule has 0 aliphatic carbocycles. The first-order valence-corrected chi connectivity index (χ1v) is 29.9. The lowest BCUT2D eigenvalue weighted by Crippen LogP contribution is -2.61. The van der Waals surface area contributed by atoms with Crippen LogP contribution in [0.5, 0.6) is 0 Å². The average molecular weight is 1070 g/mol. The molecule has 2 fully saturated rings. The van der Waals surface area contributed by atoms with E-state index in [-0.39, 0.29) is 25.6 Å². The molecule has 0 aromatic carbocycles. The molecule has 2 saturated heterocycles. The van der Waals surface area contributed by atoms with Crippen LogP contribution >= 0.6 is 0 Å². The van der Waals surface area contributed by atoms with Gasteiger partial charge < -0.3 is 64.2 Å². The highest BCUT2D eigenvalue weighted by Gasteiger charge is 2.47. The fourth-order valence-corrected chi connectivity index (χ4v) is 9.21. The van der Waals surface area contributed by atoms with Gasteiger partial charge in [-0.15, -0.1) is 0 Å². The number of carbonyl (C=O) groups excluding carboxylic acids is 1. The van der Waals surface area contributed by atoms with E-state index in [1.807, 2.05) is 0 Å². The van der Waals surface area contributed by atoms with Crippen molar-refractivity contribution in [2.75, 3.05) is 33.0 Å². The number of allylic oxidation sites excluding steroid dienone is 10. The first kappa shape index (κ1) is 68.8. The highest BCUT2D eigenvalue weighted by atomic mass is 16.7. The Kier molecular flexibility index (Phi) is 43.7. The summed E-state index contributed by atoms with van der Waals surface area (Å²) in [7, 11) is 0. The van der Waals surface area contributed by atoms with Gasteiger partial charge in [0.05, 0.1) is 26.4 Å². The fraction of sp³-hybridized carbons (Fsp3) is 0.820. The summed E-state index contributed by atoms with van der Waals surface area (Å²) in [5, 5.41) is 72.4. The minimum Gasteiger partial charge on any atom is -0.457 e. The quantitative estimate of drug-likeness (QED) is 0.0172. The molecular formula is C61H108O14. The van der Waals surface area contributed by atoms with Crippen molar-refractivity contribution in [2.24, 2.45) is 0 Å². The van der Waals surface area contributed by atoms with Gasteiger partial charge in [-0.2, -0.15) is 0 Å². The Bertz CT molecular complexity index is 1470. The summed E-state index contributed by atoms with van der Waals surface area (Å²) < 4.78 is 34.4. The van der Waals surface area contributed by atoms with E-state index in [0.717, 1.165) is 77.0 Å². The first-order valence-electron chi connectivity index (χ1n) is 29.9. The summed E-state index contributed by atoms with van der Waals surface area (Å²) in [6.07, 6.45) is 42.8. The Morgan fingerprint density at radius 1 is 0.453 bits per heavy atom. The van der Waals surface area contributed by atoms with Crippen LogP contribution in [-0.4, -0.2) is 142 Å². The van der Waals surface area contributed by atoms with Gasteiger partial charge in [0.2, 0.25) is 0 Å². The topological polar surface area (TPSA) is 214 Å². The standard InChI is InChI=1S/C61H108O14/c1-3-5-7-9-11-13-15-17-19-21-22-23-24-25-26-27-28-29-30-32-34-36-38-40-42-44-53(63)73-50(47-70-45-43-41-39-37-35-33-31-20-18-16-14-12-10-8-6-4-2)48-71-60-59(69)57(67)55(65)52(75-60)49-72-61-58(68)56(66)54(64)51(46-62)74-61/h6,8,12,14-15,17-18,20-22,50-52,54-62,64-69H,3-5,7,9-11,13,16,19,23-49H2,1-2H3/b8-6-,14-12-,17-15-,20-18-,22-21-. The third-order valence-corrected chi connectivity index (χ3v) is 14.0. The molecule has 14 nitrogen and oxygen atoms in total. The van der Waals surface area contributed by atoms with Crippen molar-refractivity contribution in [3.63, 3.8) is 0 Å². The summed E-state index contributed by atoms with van der Waals surface area (Å²) >= 11 is 0. The average Bonchev–Trinajstić information content (AvgIpc) is 3.41. The molecule has 2 aliphatic rings. The molecule has 0 aromatic heterocycles. The molecule has 2 rings (SSSR count). The molecule has 0 spiro atoms. The molecule has 14 heteroatoms. The van der Waals surface area contributed by atoms with Crippen LogP contribution in [0.25, 0.3) is 0 Å². The lowest BCUT2D eigenvalue weighted by atomic mass is 9.98.